The van der Waals surface area contributed by atoms with E-state index in [0.717, 1.165) is 16.9 Å². The van der Waals surface area contributed by atoms with Crippen molar-refractivity contribution in [1.29, 1.82) is 0 Å². The standard InChI is InChI=1S/C26H31FN4O2/c1-6-30(25(33)15-19-10-12-20(27)13-11-19)17-24(32)28-23-16-22(26(3,4)5)29-31(23)21-9-7-8-18(2)14-21/h7-14,16H,6,15,17H2,1-5H3,(H,28,32). The zero-order chi connectivity index (χ0) is 24.2. The average Bonchev–Trinajstić information content (AvgIpc) is 3.18. The summed E-state index contributed by atoms with van der Waals surface area (Å²) >= 11 is 0. The van der Waals surface area contributed by atoms with Crippen LogP contribution in [0.3, 0.4) is 0 Å². The number of nitrogens with zero attached hydrogens (tertiary/aromatic N) is 3. The zero-order valence-corrected chi connectivity index (χ0v) is 19.9. The van der Waals surface area contributed by atoms with Crippen LogP contribution >= 0.6 is 0 Å². The Labute approximate surface area is 194 Å². The number of rotatable bonds is 7. The van der Waals surface area contributed by atoms with Crippen LogP contribution in [0.2, 0.25) is 0 Å². The van der Waals surface area contributed by atoms with Crippen molar-refractivity contribution in [1.82, 2.24) is 14.7 Å². The van der Waals surface area contributed by atoms with Gasteiger partial charge in [-0.3, -0.25) is 9.59 Å². The number of carbonyl (C=O) groups excluding carboxylic acids is 2. The molecular formula is C26H31FN4O2. The average molecular weight is 451 g/mol. The van der Waals surface area contributed by atoms with Crippen molar-refractivity contribution in [2.24, 2.45) is 0 Å². The van der Waals surface area contributed by atoms with Gasteiger partial charge in [-0.15, -0.1) is 0 Å². The van der Waals surface area contributed by atoms with Gasteiger partial charge >= 0.3 is 0 Å². The molecule has 0 saturated heterocycles. The van der Waals surface area contributed by atoms with Gasteiger partial charge in [-0.25, -0.2) is 9.07 Å². The molecule has 0 radical (unpaired) electrons. The highest BCUT2D eigenvalue weighted by Crippen LogP contribution is 2.26. The van der Waals surface area contributed by atoms with E-state index in [1.54, 1.807) is 16.8 Å². The number of amides is 2. The van der Waals surface area contributed by atoms with Gasteiger partial charge in [0.1, 0.15) is 11.6 Å². The van der Waals surface area contributed by atoms with Crippen LogP contribution in [0.15, 0.2) is 54.6 Å². The third-order valence-electron chi connectivity index (χ3n) is 5.33. The van der Waals surface area contributed by atoms with E-state index in [4.69, 9.17) is 5.10 Å². The second-order valence-electron chi connectivity index (χ2n) is 9.17. The van der Waals surface area contributed by atoms with E-state index >= 15 is 0 Å². The highest BCUT2D eigenvalue weighted by Gasteiger charge is 2.23. The molecule has 0 bridgehead atoms. The molecule has 1 heterocycles. The maximum absolute atomic E-state index is 13.1. The van der Waals surface area contributed by atoms with Crippen LogP contribution in [0.25, 0.3) is 5.69 Å². The van der Waals surface area contributed by atoms with Crippen molar-refractivity contribution in [3.05, 3.63) is 77.2 Å². The lowest BCUT2D eigenvalue weighted by molar-refractivity contribution is -0.133. The van der Waals surface area contributed by atoms with Gasteiger partial charge in [0.05, 0.1) is 24.3 Å². The molecule has 0 spiro atoms. The molecule has 6 nitrogen and oxygen atoms in total. The Hall–Kier alpha value is -3.48. The summed E-state index contributed by atoms with van der Waals surface area (Å²) in [6.45, 7) is 10.3. The number of nitrogens with one attached hydrogen (secondary N) is 1. The van der Waals surface area contributed by atoms with Gasteiger partial charge in [-0.1, -0.05) is 45.0 Å². The Morgan fingerprint density at radius 2 is 1.79 bits per heavy atom. The summed E-state index contributed by atoms with van der Waals surface area (Å²) in [6, 6.07) is 15.6. The van der Waals surface area contributed by atoms with Crippen molar-refractivity contribution >= 4 is 17.6 Å². The molecule has 0 atom stereocenters. The number of benzene rings is 2. The first-order chi connectivity index (χ1) is 15.6. The highest BCUT2D eigenvalue weighted by molar-refractivity contribution is 5.94. The number of anilines is 1. The molecule has 3 rings (SSSR count). The molecule has 1 aromatic heterocycles. The van der Waals surface area contributed by atoms with Crippen LogP contribution in [0.1, 0.15) is 44.5 Å². The molecule has 0 aliphatic heterocycles. The molecule has 0 fully saturated rings. The van der Waals surface area contributed by atoms with E-state index in [1.807, 2.05) is 44.2 Å². The Morgan fingerprint density at radius 3 is 2.39 bits per heavy atom. The van der Waals surface area contributed by atoms with E-state index in [9.17, 15) is 14.0 Å². The molecule has 0 aliphatic rings. The second kappa shape index (κ2) is 9.98. The van der Waals surface area contributed by atoms with Crippen LogP contribution in [0.5, 0.6) is 0 Å². The molecule has 0 unspecified atom stereocenters. The first kappa shape index (κ1) is 24.2. The number of hydrogen-bond acceptors (Lipinski definition) is 3. The van der Waals surface area contributed by atoms with Gasteiger partial charge in [0.25, 0.3) is 0 Å². The van der Waals surface area contributed by atoms with Crippen LogP contribution in [0.4, 0.5) is 10.2 Å². The predicted octanol–water partition coefficient (Wildman–Crippen LogP) is 4.65. The van der Waals surface area contributed by atoms with Gasteiger partial charge in [0.2, 0.25) is 11.8 Å². The van der Waals surface area contributed by atoms with Crippen molar-refractivity contribution in [3.63, 3.8) is 0 Å². The van der Waals surface area contributed by atoms with Gasteiger partial charge in [-0.05, 0) is 49.2 Å². The number of hydrogen-bond donors (Lipinski definition) is 1. The fourth-order valence-electron chi connectivity index (χ4n) is 3.41. The fourth-order valence-corrected chi connectivity index (χ4v) is 3.41. The topological polar surface area (TPSA) is 67.2 Å². The maximum atomic E-state index is 13.1. The zero-order valence-electron chi connectivity index (χ0n) is 19.9. The normalized spacial score (nSPS) is 11.3. The highest BCUT2D eigenvalue weighted by atomic mass is 19.1. The molecule has 0 aliphatic carbocycles. The number of aryl methyl sites for hydroxylation is 1. The van der Waals surface area contributed by atoms with E-state index in [2.05, 4.69) is 26.1 Å². The third-order valence-corrected chi connectivity index (χ3v) is 5.33. The molecular weight excluding hydrogens is 419 g/mol. The first-order valence-electron chi connectivity index (χ1n) is 11.1. The molecule has 7 heteroatoms. The molecule has 3 aromatic rings. The molecule has 33 heavy (non-hydrogen) atoms. The van der Waals surface area contributed by atoms with E-state index in [0.29, 0.717) is 17.9 Å². The molecule has 1 N–H and O–H groups in total. The summed E-state index contributed by atoms with van der Waals surface area (Å²) in [7, 11) is 0. The lowest BCUT2D eigenvalue weighted by Gasteiger charge is -2.20. The smallest absolute Gasteiger partial charge is 0.245 e. The minimum atomic E-state index is -0.349. The Bertz CT molecular complexity index is 1130. The minimum Gasteiger partial charge on any atom is -0.333 e. The third kappa shape index (κ3) is 6.28. The molecule has 2 aromatic carbocycles. The van der Waals surface area contributed by atoms with Crippen molar-refractivity contribution in [3.8, 4) is 5.69 Å². The quantitative estimate of drug-likeness (QED) is 0.570. The van der Waals surface area contributed by atoms with Crippen molar-refractivity contribution < 1.29 is 14.0 Å². The first-order valence-corrected chi connectivity index (χ1v) is 11.1. The van der Waals surface area contributed by atoms with E-state index in [1.165, 1.54) is 17.0 Å². The fraction of sp³-hybridized carbons (Fsp3) is 0.346. The summed E-state index contributed by atoms with van der Waals surface area (Å²) in [4.78, 5) is 27.1. The monoisotopic (exact) mass is 450 g/mol. The van der Waals surface area contributed by atoms with Gasteiger partial charge in [0.15, 0.2) is 0 Å². The Morgan fingerprint density at radius 1 is 1.09 bits per heavy atom. The second-order valence-corrected chi connectivity index (χ2v) is 9.17. The lowest BCUT2D eigenvalue weighted by Crippen LogP contribution is -2.39. The van der Waals surface area contributed by atoms with Gasteiger partial charge in [-0.2, -0.15) is 5.10 Å². The van der Waals surface area contributed by atoms with Crippen LogP contribution in [-0.4, -0.2) is 39.6 Å². The molecule has 0 saturated carbocycles. The van der Waals surface area contributed by atoms with E-state index in [-0.39, 0.29) is 36.0 Å². The number of halogens is 1. The summed E-state index contributed by atoms with van der Waals surface area (Å²) < 4.78 is 14.8. The number of carbonyl (C=O) groups is 2. The number of aromatic nitrogens is 2. The Kier molecular flexibility index (Phi) is 7.31. The maximum Gasteiger partial charge on any atom is 0.245 e. The summed E-state index contributed by atoms with van der Waals surface area (Å²) in [6.07, 6.45) is 0.108. The predicted molar refractivity (Wildman–Crippen MR) is 128 cm³/mol. The van der Waals surface area contributed by atoms with Gasteiger partial charge in [0, 0.05) is 18.0 Å². The van der Waals surface area contributed by atoms with Crippen LogP contribution in [-0.2, 0) is 21.4 Å². The molecule has 174 valence electrons. The summed E-state index contributed by atoms with van der Waals surface area (Å²) in [5, 5.41) is 7.66. The number of likely N-dealkylation sites (N-methyl/N-ethyl adjacent to an activating group) is 1. The Balaban J connectivity index is 1.77. The van der Waals surface area contributed by atoms with Crippen LogP contribution in [0, 0.1) is 12.7 Å². The van der Waals surface area contributed by atoms with Crippen molar-refractivity contribution in [2.45, 2.75) is 46.5 Å². The van der Waals surface area contributed by atoms with Gasteiger partial charge < -0.3 is 10.2 Å². The van der Waals surface area contributed by atoms with Crippen molar-refractivity contribution in [2.75, 3.05) is 18.4 Å². The van der Waals surface area contributed by atoms with E-state index < -0.39 is 0 Å². The molecule has 2 amide bonds. The largest absolute Gasteiger partial charge is 0.333 e. The summed E-state index contributed by atoms with van der Waals surface area (Å²) in [5.41, 5.74) is 3.28. The minimum absolute atomic E-state index is 0.0830. The SMILES string of the molecule is CCN(CC(=O)Nc1cc(C(C)(C)C)nn1-c1cccc(C)c1)C(=O)Cc1ccc(F)cc1. The summed E-state index contributed by atoms with van der Waals surface area (Å²) in [5.74, 6) is -0.296. The van der Waals surface area contributed by atoms with Crippen LogP contribution < -0.4 is 5.32 Å². The lowest BCUT2D eigenvalue weighted by atomic mass is 9.92.